The van der Waals surface area contributed by atoms with E-state index in [9.17, 15) is 9.50 Å². The molecule has 120 valence electrons. The molecule has 0 spiro atoms. The lowest BCUT2D eigenvalue weighted by molar-refractivity contribution is 0.156. The monoisotopic (exact) mass is 380 g/mol. The fourth-order valence-electron chi connectivity index (χ4n) is 2.71. The van der Waals surface area contributed by atoms with Crippen molar-refractivity contribution >= 4 is 28.3 Å². The highest BCUT2D eigenvalue weighted by molar-refractivity contribution is 9.10. The second-order valence-electron chi connectivity index (χ2n) is 5.39. The van der Waals surface area contributed by atoms with E-state index >= 15 is 0 Å². The van der Waals surface area contributed by atoms with Gasteiger partial charge in [0, 0.05) is 29.7 Å². The van der Waals surface area contributed by atoms with Crippen LogP contribution in [0.2, 0.25) is 0 Å². The summed E-state index contributed by atoms with van der Waals surface area (Å²) in [6, 6.07) is 5.02. The van der Waals surface area contributed by atoms with Crippen LogP contribution in [0.15, 0.2) is 22.7 Å². The first-order valence-corrected chi connectivity index (χ1v) is 7.96. The molecule has 1 aliphatic rings. The number of hydrogen-bond acceptors (Lipinski definition) is 3. The van der Waals surface area contributed by atoms with Crippen LogP contribution < -0.4 is 5.32 Å². The van der Waals surface area contributed by atoms with Gasteiger partial charge >= 0.3 is 0 Å². The Bertz CT molecular complexity index is 430. The minimum Gasteiger partial charge on any atom is -0.395 e. The zero-order valence-electron chi connectivity index (χ0n) is 12.0. The summed E-state index contributed by atoms with van der Waals surface area (Å²) < 4.78 is 14.7. The maximum absolute atomic E-state index is 13.8. The van der Waals surface area contributed by atoms with Crippen LogP contribution >= 0.6 is 28.3 Å². The molecule has 0 radical (unpaired) electrons. The van der Waals surface area contributed by atoms with Crippen molar-refractivity contribution in [3.63, 3.8) is 0 Å². The summed E-state index contributed by atoms with van der Waals surface area (Å²) in [5.74, 6) is 0.458. The SMILES string of the molecule is Cl.OCCN(Cc1cc(Br)ccc1F)CC1CCNCC1. The van der Waals surface area contributed by atoms with Gasteiger partial charge in [-0.3, -0.25) is 4.90 Å². The molecule has 21 heavy (non-hydrogen) atoms. The zero-order chi connectivity index (χ0) is 14.4. The molecule has 1 aromatic carbocycles. The number of aliphatic hydroxyl groups excluding tert-OH is 1. The smallest absolute Gasteiger partial charge is 0.127 e. The normalized spacial score (nSPS) is 16.0. The Hall–Kier alpha value is -0.200. The first kappa shape index (κ1) is 18.8. The first-order chi connectivity index (χ1) is 9.69. The Kier molecular flexibility index (Phi) is 8.74. The van der Waals surface area contributed by atoms with Crippen molar-refractivity contribution in [2.24, 2.45) is 5.92 Å². The van der Waals surface area contributed by atoms with Gasteiger partial charge in [-0.1, -0.05) is 15.9 Å². The zero-order valence-corrected chi connectivity index (χ0v) is 14.4. The molecule has 0 saturated carbocycles. The predicted octanol–water partition coefficient (Wildman–Crippen LogP) is 2.80. The van der Waals surface area contributed by atoms with Gasteiger partial charge in [0.15, 0.2) is 0 Å². The Morgan fingerprint density at radius 2 is 2.05 bits per heavy atom. The second-order valence-corrected chi connectivity index (χ2v) is 6.30. The highest BCUT2D eigenvalue weighted by Gasteiger charge is 2.18. The van der Waals surface area contributed by atoms with Crippen molar-refractivity contribution in [1.29, 1.82) is 0 Å². The predicted molar refractivity (Wildman–Crippen MR) is 89.3 cm³/mol. The van der Waals surface area contributed by atoms with Crippen molar-refractivity contribution in [2.75, 3.05) is 32.8 Å². The summed E-state index contributed by atoms with van der Waals surface area (Å²) in [5.41, 5.74) is 0.682. The summed E-state index contributed by atoms with van der Waals surface area (Å²) in [7, 11) is 0. The lowest BCUT2D eigenvalue weighted by Crippen LogP contribution is -2.37. The van der Waals surface area contributed by atoms with Gasteiger partial charge in [0.1, 0.15) is 5.82 Å². The van der Waals surface area contributed by atoms with Gasteiger partial charge < -0.3 is 10.4 Å². The van der Waals surface area contributed by atoms with Gasteiger partial charge in [0.25, 0.3) is 0 Å². The third-order valence-electron chi connectivity index (χ3n) is 3.79. The van der Waals surface area contributed by atoms with Crippen LogP contribution in [0.3, 0.4) is 0 Å². The number of piperidine rings is 1. The molecule has 0 aliphatic carbocycles. The van der Waals surface area contributed by atoms with Crippen molar-refractivity contribution < 1.29 is 9.50 Å². The molecule has 0 bridgehead atoms. The van der Waals surface area contributed by atoms with E-state index < -0.39 is 0 Å². The Morgan fingerprint density at radius 3 is 2.71 bits per heavy atom. The van der Waals surface area contributed by atoms with E-state index in [4.69, 9.17) is 0 Å². The lowest BCUT2D eigenvalue weighted by atomic mass is 9.97. The van der Waals surface area contributed by atoms with Crippen molar-refractivity contribution in [3.8, 4) is 0 Å². The molecule has 3 nitrogen and oxygen atoms in total. The quantitative estimate of drug-likeness (QED) is 0.795. The molecule has 1 aromatic rings. The van der Waals surface area contributed by atoms with Crippen molar-refractivity contribution in [3.05, 3.63) is 34.1 Å². The topological polar surface area (TPSA) is 35.5 Å². The molecule has 1 aliphatic heterocycles. The minimum absolute atomic E-state index is 0. The van der Waals surface area contributed by atoms with Gasteiger partial charge in [-0.05, 0) is 50.0 Å². The Morgan fingerprint density at radius 1 is 1.33 bits per heavy atom. The maximum Gasteiger partial charge on any atom is 0.127 e. The van der Waals surface area contributed by atoms with Gasteiger partial charge in [0.2, 0.25) is 0 Å². The van der Waals surface area contributed by atoms with Crippen LogP contribution in [0.4, 0.5) is 4.39 Å². The standard InChI is InChI=1S/C15H22BrFN2O.ClH/c16-14-1-2-15(17)13(9-14)11-19(7-8-20)10-12-3-5-18-6-4-12;/h1-2,9,12,18,20H,3-8,10-11H2;1H. The Labute approximate surface area is 140 Å². The number of rotatable bonds is 6. The molecule has 2 rings (SSSR count). The van der Waals surface area contributed by atoms with E-state index in [1.165, 1.54) is 6.07 Å². The average Bonchev–Trinajstić information content (AvgIpc) is 2.44. The van der Waals surface area contributed by atoms with Gasteiger partial charge in [-0.25, -0.2) is 4.39 Å². The molecule has 2 N–H and O–H groups in total. The molecule has 0 aromatic heterocycles. The number of nitrogens with zero attached hydrogens (tertiary/aromatic N) is 1. The number of aliphatic hydroxyl groups is 1. The van der Waals surface area contributed by atoms with Crippen LogP contribution in [-0.2, 0) is 6.54 Å². The highest BCUT2D eigenvalue weighted by Crippen LogP contribution is 2.19. The van der Waals surface area contributed by atoms with E-state index in [-0.39, 0.29) is 24.8 Å². The summed E-state index contributed by atoms with van der Waals surface area (Å²) >= 11 is 3.38. The van der Waals surface area contributed by atoms with Crippen molar-refractivity contribution in [1.82, 2.24) is 10.2 Å². The summed E-state index contributed by atoms with van der Waals surface area (Å²) in [5, 5.41) is 12.6. The van der Waals surface area contributed by atoms with E-state index in [1.54, 1.807) is 6.07 Å². The molecular formula is C15H23BrClFN2O. The lowest BCUT2D eigenvalue weighted by Gasteiger charge is -2.29. The number of benzene rings is 1. The molecule has 1 saturated heterocycles. The van der Waals surface area contributed by atoms with E-state index in [1.807, 2.05) is 6.07 Å². The minimum atomic E-state index is -0.179. The summed E-state index contributed by atoms with van der Waals surface area (Å²) in [6.45, 7) is 4.30. The second kappa shape index (κ2) is 9.74. The van der Waals surface area contributed by atoms with E-state index in [0.29, 0.717) is 24.6 Å². The largest absolute Gasteiger partial charge is 0.395 e. The summed E-state index contributed by atoms with van der Waals surface area (Å²) in [6.07, 6.45) is 2.31. The number of hydrogen-bond donors (Lipinski definition) is 2. The first-order valence-electron chi connectivity index (χ1n) is 7.17. The number of nitrogens with one attached hydrogen (secondary N) is 1. The van der Waals surface area contributed by atoms with Gasteiger partial charge in [0.05, 0.1) is 6.61 Å². The van der Waals surface area contributed by atoms with Crippen LogP contribution in [0.1, 0.15) is 18.4 Å². The molecule has 1 heterocycles. The molecule has 6 heteroatoms. The van der Waals surface area contributed by atoms with Crippen LogP contribution in [0, 0.1) is 11.7 Å². The Balaban J connectivity index is 0.00000220. The van der Waals surface area contributed by atoms with Gasteiger partial charge in [-0.15, -0.1) is 12.4 Å². The van der Waals surface area contributed by atoms with Gasteiger partial charge in [-0.2, -0.15) is 0 Å². The van der Waals surface area contributed by atoms with Crippen LogP contribution in [-0.4, -0.2) is 42.8 Å². The fourth-order valence-corrected chi connectivity index (χ4v) is 3.12. The van der Waals surface area contributed by atoms with Crippen LogP contribution in [0.25, 0.3) is 0 Å². The van der Waals surface area contributed by atoms with Crippen molar-refractivity contribution in [2.45, 2.75) is 19.4 Å². The molecule has 0 amide bonds. The molecule has 0 unspecified atom stereocenters. The maximum atomic E-state index is 13.8. The third kappa shape index (κ3) is 6.20. The van der Waals surface area contributed by atoms with E-state index in [2.05, 4.69) is 26.1 Å². The third-order valence-corrected chi connectivity index (χ3v) is 4.29. The molecular weight excluding hydrogens is 359 g/mol. The molecule has 1 fully saturated rings. The van der Waals surface area contributed by atoms with E-state index in [0.717, 1.165) is 36.9 Å². The average molecular weight is 382 g/mol. The fraction of sp³-hybridized carbons (Fsp3) is 0.600. The summed E-state index contributed by atoms with van der Waals surface area (Å²) in [4.78, 5) is 2.15. The number of halogens is 3. The molecule has 0 atom stereocenters. The van der Waals surface area contributed by atoms with Crippen LogP contribution in [0.5, 0.6) is 0 Å². The highest BCUT2D eigenvalue weighted by atomic mass is 79.9.